The molecule has 5 heteroatoms. The number of nitrogens with two attached hydrogens (primary N) is 2. The molecule has 13 heavy (non-hydrogen) atoms. The second-order valence-corrected chi connectivity index (χ2v) is 3.09. The van der Waals surface area contributed by atoms with Gasteiger partial charge in [0.2, 0.25) is 5.91 Å². The van der Waals surface area contributed by atoms with Gasteiger partial charge in [0.15, 0.2) is 0 Å². The Morgan fingerprint density at radius 1 is 1.77 bits per heavy atom. The number of hydrogen-bond acceptors (Lipinski definition) is 3. The van der Waals surface area contributed by atoms with Gasteiger partial charge in [-0.15, -0.1) is 0 Å². The van der Waals surface area contributed by atoms with E-state index in [0.717, 1.165) is 11.3 Å². The standard InChI is InChI=1S/C8H14N4O/c1-5-6(4-11-12(5)2)7(9)3-8(10)13/h4,7H,3,9H2,1-2H3,(H2,10,13)/t7-/m1/s1. The zero-order valence-electron chi connectivity index (χ0n) is 7.82. The molecule has 0 radical (unpaired) electrons. The van der Waals surface area contributed by atoms with Crippen LogP contribution in [0, 0.1) is 6.92 Å². The van der Waals surface area contributed by atoms with Crippen LogP contribution in [0.5, 0.6) is 0 Å². The summed E-state index contributed by atoms with van der Waals surface area (Å²) in [5, 5.41) is 4.03. The van der Waals surface area contributed by atoms with Gasteiger partial charge in [-0.2, -0.15) is 5.10 Å². The smallest absolute Gasteiger partial charge is 0.219 e. The van der Waals surface area contributed by atoms with Crippen molar-refractivity contribution < 1.29 is 4.79 Å². The molecule has 1 atom stereocenters. The van der Waals surface area contributed by atoms with Crippen molar-refractivity contribution in [3.63, 3.8) is 0 Å². The van der Waals surface area contributed by atoms with E-state index in [-0.39, 0.29) is 12.5 Å². The molecule has 0 unspecified atom stereocenters. The molecule has 1 aromatic rings. The average Bonchev–Trinajstić information content (AvgIpc) is 2.31. The monoisotopic (exact) mass is 182 g/mol. The Bertz CT molecular complexity index is 318. The maximum Gasteiger partial charge on any atom is 0.219 e. The van der Waals surface area contributed by atoms with Gasteiger partial charge in [0, 0.05) is 30.8 Å². The van der Waals surface area contributed by atoms with E-state index in [9.17, 15) is 4.79 Å². The Hall–Kier alpha value is -1.36. The zero-order valence-corrected chi connectivity index (χ0v) is 7.82. The zero-order chi connectivity index (χ0) is 10.0. The number of primary amides is 1. The minimum absolute atomic E-state index is 0.159. The number of aryl methyl sites for hydroxylation is 1. The lowest BCUT2D eigenvalue weighted by Gasteiger charge is -2.08. The number of carbonyl (C=O) groups excluding carboxylic acids is 1. The second kappa shape index (κ2) is 3.57. The molecule has 1 heterocycles. The molecule has 0 aromatic carbocycles. The third kappa shape index (κ3) is 2.06. The molecule has 0 aliphatic rings. The topological polar surface area (TPSA) is 86.9 Å². The number of amides is 1. The van der Waals surface area contributed by atoms with E-state index in [4.69, 9.17) is 11.5 Å². The average molecular weight is 182 g/mol. The first-order valence-corrected chi connectivity index (χ1v) is 4.04. The molecular formula is C8H14N4O. The minimum Gasteiger partial charge on any atom is -0.370 e. The first-order valence-electron chi connectivity index (χ1n) is 4.04. The molecule has 1 amide bonds. The number of hydrogen-bond donors (Lipinski definition) is 2. The van der Waals surface area contributed by atoms with E-state index >= 15 is 0 Å². The third-order valence-corrected chi connectivity index (χ3v) is 2.09. The van der Waals surface area contributed by atoms with Gasteiger partial charge in [-0.25, -0.2) is 0 Å². The highest BCUT2D eigenvalue weighted by Gasteiger charge is 2.14. The molecular weight excluding hydrogens is 168 g/mol. The lowest BCUT2D eigenvalue weighted by molar-refractivity contribution is -0.118. The first-order chi connectivity index (χ1) is 6.02. The number of nitrogens with zero attached hydrogens (tertiary/aromatic N) is 2. The van der Waals surface area contributed by atoms with E-state index in [1.54, 1.807) is 10.9 Å². The molecule has 0 saturated heterocycles. The van der Waals surface area contributed by atoms with Gasteiger partial charge in [-0.1, -0.05) is 0 Å². The molecule has 0 aliphatic heterocycles. The van der Waals surface area contributed by atoms with E-state index < -0.39 is 5.91 Å². The molecule has 0 saturated carbocycles. The molecule has 1 rings (SSSR count). The normalized spacial score (nSPS) is 12.8. The van der Waals surface area contributed by atoms with Gasteiger partial charge in [0.05, 0.1) is 6.20 Å². The summed E-state index contributed by atoms with van der Waals surface area (Å²) in [7, 11) is 1.83. The summed E-state index contributed by atoms with van der Waals surface area (Å²) in [6.45, 7) is 1.91. The summed E-state index contributed by atoms with van der Waals surface area (Å²) in [5.41, 5.74) is 12.6. The predicted molar refractivity (Wildman–Crippen MR) is 48.7 cm³/mol. The molecule has 0 aliphatic carbocycles. The summed E-state index contributed by atoms with van der Waals surface area (Å²) in [6.07, 6.45) is 1.83. The van der Waals surface area contributed by atoms with Gasteiger partial charge in [0.1, 0.15) is 0 Å². The van der Waals surface area contributed by atoms with Crippen LogP contribution in [0.3, 0.4) is 0 Å². The highest BCUT2D eigenvalue weighted by molar-refractivity contribution is 5.74. The molecule has 5 nitrogen and oxygen atoms in total. The lowest BCUT2D eigenvalue weighted by Crippen LogP contribution is -2.21. The van der Waals surface area contributed by atoms with Crippen molar-refractivity contribution in [2.75, 3.05) is 0 Å². The maximum absolute atomic E-state index is 10.6. The van der Waals surface area contributed by atoms with Crippen LogP contribution in [-0.4, -0.2) is 15.7 Å². The van der Waals surface area contributed by atoms with Crippen molar-refractivity contribution >= 4 is 5.91 Å². The van der Waals surface area contributed by atoms with E-state index in [1.165, 1.54) is 0 Å². The number of rotatable bonds is 3. The first kappa shape index (κ1) is 9.73. The summed E-state index contributed by atoms with van der Waals surface area (Å²) < 4.78 is 1.72. The van der Waals surface area contributed by atoms with Gasteiger partial charge in [0.25, 0.3) is 0 Å². The summed E-state index contributed by atoms with van der Waals surface area (Å²) in [5.74, 6) is -0.393. The fourth-order valence-electron chi connectivity index (χ4n) is 1.21. The fraction of sp³-hybridized carbons (Fsp3) is 0.500. The van der Waals surface area contributed by atoms with Crippen LogP contribution in [-0.2, 0) is 11.8 Å². The van der Waals surface area contributed by atoms with Crippen molar-refractivity contribution in [1.82, 2.24) is 9.78 Å². The van der Waals surface area contributed by atoms with E-state index in [2.05, 4.69) is 5.10 Å². The van der Waals surface area contributed by atoms with Crippen LogP contribution >= 0.6 is 0 Å². The van der Waals surface area contributed by atoms with Crippen molar-refractivity contribution in [1.29, 1.82) is 0 Å². The summed E-state index contributed by atoms with van der Waals surface area (Å²) >= 11 is 0. The summed E-state index contributed by atoms with van der Waals surface area (Å²) in [6, 6.07) is -0.341. The number of aromatic nitrogens is 2. The van der Waals surface area contributed by atoms with Crippen LogP contribution in [0.2, 0.25) is 0 Å². The van der Waals surface area contributed by atoms with Crippen molar-refractivity contribution in [3.8, 4) is 0 Å². The van der Waals surface area contributed by atoms with Crippen molar-refractivity contribution in [2.24, 2.45) is 18.5 Å². The highest BCUT2D eigenvalue weighted by atomic mass is 16.1. The SMILES string of the molecule is Cc1c([C@H](N)CC(N)=O)cnn1C. The van der Waals surface area contributed by atoms with Crippen LogP contribution in [0.25, 0.3) is 0 Å². The van der Waals surface area contributed by atoms with E-state index in [0.29, 0.717) is 0 Å². The Labute approximate surface area is 76.7 Å². The lowest BCUT2D eigenvalue weighted by atomic mass is 10.1. The molecule has 4 N–H and O–H groups in total. The number of carbonyl (C=O) groups is 1. The predicted octanol–water partition coefficient (Wildman–Crippen LogP) is -0.396. The van der Waals surface area contributed by atoms with Crippen LogP contribution in [0.15, 0.2) is 6.20 Å². The van der Waals surface area contributed by atoms with Crippen molar-refractivity contribution in [3.05, 3.63) is 17.5 Å². The third-order valence-electron chi connectivity index (χ3n) is 2.09. The Morgan fingerprint density at radius 3 is 2.77 bits per heavy atom. The summed E-state index contributed by atoms with van der Waals surface area (Å²) in [4.78, 5) is 10.6. The largest absolute Gasteiger partial charge is 0.370 e. The highest BCUT2D eigenvalue weighted by Crippen LogP contribution is 2.16. The molecule has 72 valence electrons. The molecule has 0 spiro atoms. The molecule has 0 fully saturated rings. The molecule has 0 bridgehead atoms. The van der Waals surface area contributed by atoms with Crippen LogP contribution in [0.4, 0.5) is 0 Å². The Balaban J connectivity index is 2.82. The maximum atomic E-state index is 10.6. The van der Waals surface area contributed by atoms with E-state index in [1.807, 2.05) is 14.0 Å². The van der Waals surface area contributed by atoms with Gasteiger partial charge in [-0.05, 0) is 6.92 Å². The minimum atomic E-state index is -0.393. The second-order valence-electron chi connectivity index (χ2n) is 3.09. The van der Waals surface area contributed by atoms with Gasteiger partial charge in [-0.3, -0.25) is 9.48 Å². The quantitative estimate of drug-likeness (QED) is 0.667. The van der Waals surface area contributed by atoms with Crippen molar-refractivity contribution in [2.45, 2.75) is 19.4 Å². The fourth-order valence-corrected chi connectivity index (χ4v) is 1.21. The van der Waals surface area contributed by atoms with Crippen LogP contribution in [0.1, 0.15) is 23.7 Å². The van der Waals surface area contributed by atoms with Crippen LogP contribution < -0.4 is 11.5 Å². The van der Waals surface area contributed by atoms with Gasteiger partial charge < -0.3 is 11.5 Å². The van der Waals surface area contributed by atoms with Gasteiger partial charge >= 0.3 is 0 Å². The molecule has 1 aromatic heterocycles. The Morgan fingerprint density at radius 2 is 2.38 bits per heavy atom. The Kier molecular flexibility index (Phi) is 2.67.